The van der Waals surface area contributed by atoms with Crippen LogP contribution in [0.4, 0.5) is 5.82 Å². The number of nitrogens with one attached hydrogen (secondary N) is 3. The number of rotatable bonds is 13. The fourth-order valence-electron chi connectivity index (χ4n) is 3.21. The lowest BCUT2D eigenvalue weighted by Crippen LogP contribution is -2.41. The van der Waals surface area contributed by atoms with Crippen LogP contribution in [0.1, 0.15) is 31.9 Å². The smallest absolute Gasteiger partial charge is 0.294 e. The molecule has 0 aliphatic rings. The van der Waals surface area contributed by atoms with Crippen LogP contribution in [-0.2, 0) is 16.1 Å². The Bertz CT molecular complexity index is 1050. The molecule has 1 aromatic carbocycles. The summed E-state index contributed by atoms with van der Waals surface area (Å²) in [5.41, 5.74) is 0.311. The fourth-order valence-corrected chi connectivity index (χ4v) is 3.21. The Morgan fingerprint density at radius 3 is 2.58 bits per heavy atom. The first-order valence-corrected chi connectivity index (χ1v) is 10.7. The normalized spacial score (nSPS) is 11.6. The van der Waals surface area contributed by atoms with E-state index in [1.165, 1.54) is 23.9 Å². The van der Waals surface area contributed by atoms with Crippen molar-refractivity contribution >= 4 is 28.9 Å². The van der Waals surface area contributed by atoms with Crippen molar-refractivity contribution in [2.45, 2.75) is 32.9 Å². The molecule has 0 bridgehead atoms. The number of hydrogen-bond donors (Lipinski definition) is 3. The number of hydrogen-bond acceptors (Lipinski definition) is 7. The second kappa shape index (κ2) is 12.4. The average Bonchev–Trinajstić information content (AvgIpc) is 2.78. The molecule has 1 heterocycles. The molecular formula is C23H30N7O3-. The molecule has 1 aromatic heterocycles. The van der Waals surface area contributed by atoms with Gasteiger partial charge in [-0.15, -0.1) is 5.71 Å². The third-order valence-corrected chi connectivity index (χ3v) is 4.95. The number of ketones is 1. The van der Waals surface area contributed by atoms with Crippen LogP contribution < -0.4 is 16.2 Å². The minimum absolute atomic E-state index is 0.0244. The van der Waals surface area contributed by atoms with Gasteiger partial charge in [-0.2, -0.15) is 0 Å². The lowest BCUT2D eigenvalue weighted by molar-refractivity contribution is -0.127. The number of nitrogens with zero attached hydrogens (tertiary/aromatic N) is 4. The highest BCUT2D eigenvalue weighted by Gasteiger charge is 2.21. The predicted octanol–water partition coefficient (Wildman–Crippen LogP) is 1.47. The van der Waals surface area contributed by atoms with E-state index < -0.39 is 17.5 Å². The summed E-state index contributed by atoms with van der Waals surface area (Å²) in [4.78, 5) is 43.6. The molecule has 1 atom stereocenters. The first-order chi connectivity index (χ1) is 15.7. The maximum atomic E-state index is 12.8. The summed E-state index contributed by atoms with van der Waals surface area (Å²) in [6.07, 6.45) is 3.11. The van der Waals surface area contributed by atoms with Gasteiger partial charge in [0, 0.05) is 31.2 Å². The van der Waals surface area contributed by atoms with Gasteiger partial charge in [0.2, 0.25) is 5.91 Å². The molecule has 2 rings (SSSR count). The maximum Gasteiger partial charge on any atom is 0.294 e. The zero-order valence-corrected chi connectivity index (χ0v) is 19.2. The Hall–Kier alpha value is -3.66. The van der Waals surface area contributed by atoms with Crippen molar-refractivity contribution in [2.24, 2.45) is 0 Å². The molecule has 3 N–H and O–H groups in total. The molecule has 0 aliphatic carbocycles. The summed E-state index contributed by atoms with van der Waals surface area (Å²) in [7, 11) is 1.84. The van der Waals surface area contributed by atoms with Gasteiger partial charge in [-0.05, 0) is 26.0 Å². The third kappa shape index (κ3) is 7.76. The summed E-state index contributed by atoms with van der Waals surface area (Å²) >= 11 is 0. The number of carbonyl (C=O) groups excluding carboxylic acids is 2. The molecule has 33 heavy (non-hydrogen) atoms. The molecule has 10 nitrogen and oxygen atoms in total. The van der Waals surface area contributed by atoms with Crippen molar-refractivity contribution in [3.8, 4) is 0 Å². The van der Waals surface area contributed by atoms with Crippen molar-refractivity contribution in [3.05, 3.63) is 64.1 Å². The quantitative estimate of drug-likeness (QED) is 0.393. The van der Waals surface area contributed by atoms with Crippen LogP contribution >= 0.6 is 0 Å². The number of amides is 1. The van der Waals surface area contributed by atoms with Crippen LogP contribution in [0.3, 0.4) is 0 Å². The van der Waals surface area contributed by atoms with E-state index in [0.717, 1.165) is 5.56 Å². The highest BCUT2D eigenvalue weighted by molar-refractivity contribution is 6.42. The summed E-state index contributed by atoms with van der Waals surface area (Å²) in [5, 5.41) is 22.3. The zero-order chi connectivity index (χ0) is 24.4. The number of carbonyl (C=O) groups is 2. The molecule has 0 radical (unpaired) electrons. The number of anilines is 1. The van der Waals surface area contributed by atoms with Crippen LogP contribution in [0, 0.1) is 5.41 Å². The van der Waals surface area contributed by atoms with E-state index in [4.69, 9.17) is 5.41 Å². The average molecular weight is 453 g/mol. The number of aromatic nitrogens is 2. The summed E-state index contributed by atoms with van der Waals surface area (Å²) in [6, 6.07) is 8.95. The van der Waals surface area contributed by atoms with Gasteiger partial charge in [0.15, 0.2) is 11.6 Å². The van der Waals surface area contributed by atoms with E-state index in [2.05, 4.69) is 15.6 Å². The second-order valence-corrected chi connectivity index (χ2v) is 7.75. The van der Waals surface area contributed by atoms with Crippen molar-refractivity contribution in [2.75, 3.05) is 32.0 Å². The largest absolute Gasteiger partial charge is 0.805 e. The standard InChI is InChI=1S/C23H30N7O3/c1-4-20(30-11-10-26-21(23(30)33)27-13-19(25)16(2)24)22(32)28-12-18(31)15-29(3)14-17-8-6-5-7-9-17/h5-11,20,24H,4,12-15H2,1-3H3,(H,26,27)(H,28,32)/q-1. The number of likely N-dealkylation sites (N-methyl/N-ethyl adjacent to an activating group) is 1. The molecule has 1 amide bonds. The Labute approximate surface area is 193 Å². The van der Waals surface area contributed by atoms with Crippen LogP contribution in [0.15, 0.2) is 47.5 Å². The van der Waals surface area contributed by atoms with Gasteiger partial charge in [-0.1, -0.05) is 37.3 Å². The van der Waals surface area contributed by atoms with E-state index in [1.54, 1.807) is 6.92 Å². The minimum Gasteiger partial charge on any atom is -0.805 e. The summed E-state index contributed by atoms with van der Waals surface area (Å²) < 4.78 is 1.24. The fraction of sp³-hybridized carbons (Fsp3) is 0.391. The van der Waals surface area contributed by atoms with Gasteiger partial charge >= 0.3 is 0 Å². The van der Waals surface area contributed by atoms with E-state index in [-0.39, 0.29) is 42.7 Å². The Morgan fingerprint density at radius 2 is 1.94 bits per heavy atom. The summed E-state index contributed by atoms with van der Waals surface area (Å²) in [6.45, 7) is 3.71. The SMILES string of the molecule is CCC(C(=O)NCC(=O)CN(C)Cc1ccccc1)n1ccnc(NCC(=[N-])C(C)=N)c1=O. The van der Waals surface area contributed by atoms with E-state index >= 15 is 0 Å². The molecule has 2 aromatic rings. The minimum atomic E-state index is -0.821. The van der Waals surface area contributed by atoms with Gasteiger partial charge in [0.1, 0.15) is 6.04 Å². The van der Waals surface area contributed by atoms with Crippen LogP contribution in [-0.4, -0.2) is 64.2 Å². The van der Waals surface area contributed by atoms with Gasteiger partial charge in [0.25, 0.3) is 5.56 Å². The molecule has 0 spiro atoms. The van der Waals surface area contributed by atoms with Gasteiger partial charge in [-0.25, -0.2) is 4.98 Å². The highest BCUT2D eigenvalue weighted by atomic mass is 16.2. The Morgan fingerprint density at radius 1 is 1.24 bits per heavy atom. The van der Waals surface area contributed by atoms with E-state index in [9.17, 15) is 19.8 Å². The monoisotopic (exact) mass is 452 g/mol. The van der Waals surface area contributed by atoms with E-state index in [0.29, 0.717) is 13.0 Å². The first kappa shape index (κ1) is 25.6. The molecule has 10 heteroatoms. The molecule has 0 saturated carbocycles. The Balaban J connectivity index is 1.95. The summed E-state index contributed by atoms with van der Waals surface area (Å²) in [5.74, 6) is -0.634. The van der Waals surface area contributed by atoms with Crippen LogP contribution in [0.25, 0.3) is 5.41 Å². The molecular weight excluding hydrogens is 422 g/mol. The van der Waals surface area contributed by atoms with Crippen LogP contribution in [0.5, 0.6) is 0 Å². The van der Waals surface area contributed by atoms with Gasteiger partial charge < -0.3 is 21.5 Å². The van der Waals surface area contributed by atoms with Gasteiger partial charge in [-0.3, -0.25) is 23.9 Å². The zero-order valence-electron chi connectivity index (χ0n) is 19.2. The lowest BCUT2D eigenvalue weighted by atomic mass is 10.2. The topological polar surface area (TPSA) is 142 Å². The molecule has 176 valence electrons. The Kier molecular flexibility index (Phi) is 9.62. The lowest BCUT2D eigenvalue weighted by Gasteiger charge is -2.20. The van der Waals surface area contributed by atoms with Crippen molar-refractivity contribution in [3.63, 3.8) is 0 Å². The van der Waals surface area contributed by atoms with Crippen LogP contribution in [0.2, 0.25) is 0 Å². The highest BCUT2D eigenvalue weighted by Crippen LogP contribution is 2.10. The third-order valence-electron chi connectivity index (χ3n) is 4.95. The number of Topliss-reactive ketones (excluding diaryl/α,β-unsaturated/α-hetero) is 1. The van der Waals surface area contributed by atoms with Crippen molar-refractivity contribution in [1.82, 2.24) is 19.8 Å². The predicted molar refractivity (Wildman–Crippen MR) is 129 cm³/mol. The number of benzene rings is 1. The van der Waals surface area contributed by atoms with Crippen molar-refractivity contribution in [1.29, 1.82) is 5.41 Å². The van der Waals surface area contributed by atoms with E-state index in [1.807, 2.05) is 42.3 Å². The van der Waals surface area contributed by atoms with Crippen molar-refractivity contribution < 1.29 is 9.59 Å². The molecule has 0 saturated heterocycles. The molecule has 1 unspecified atom stereocenters. The molecule has 0 aliphatic heterocycles. The second-order valence-electron chi connectivity index (χ2n) is 7.75. The molecule has 0 fully saturated rings. The first-order valence-electron chi connectivity index (χ1n) is 10.7. The maximum absolute atomic E-state index is 12.8. The van der Waals surface area contributed by atoms with Gasteiger partial charge in [0.05, 0.1) is 13.1 Å².